The first-order valence-electron chi connectivity index (χ1n) is 6.38. The Balaban J connectivity index is 4.80. The van der Waals surface area contributed by atoms with E-state index in [1.807, 2.05) is 0 Å². The van der Waals surface area contributed by atoms with E-state index in [2.05, 4.69) is 5.32 Å². The summed E-state index contributed by atoms with van der Waals surface area (Å²) in [5.41, 5.74) is 0. The highest BCUT2D eigenvalue weighted by Gasteiger charge is 2.29. The van der Waals surface area contributed by atoms with Crippen LogP contribution in [-0.4, -0.2) is 53.6 Å². The van der Waals surface area contributed by atoms with Gasteiger partial charge in [-0.2, -0.15) is 0 Å². The molecule has 2 unspecified atom stereocenters. The minimum absolute atomic E-state index is 0.0617. The van der Waals surface area contributed by atoms with E-state index >= 15 is 0 Å². The number of carbonyl (C=O) groups excluding carboxylic acids is 3. The smallest absolute Gasteiger partial charge is 0.307 e. The van der Waals surface area contributed by atoms with Gasteiger partial charge in [-0.1, -0.05) is 13.8 Å². The molecule has 3 N–H and O–H groups in total. The fourth-order valence-electron chi connectivity index (χ4n) is 1.20. The molecular weight excluding hydrogens is 270 g/mol. The Kier molecular flexibility index (Phi) is 9.31. The van der Waals surface area contributed by atoms with Crippen LogP contribution in [0.1, 0.15) is 33.1 Å². The number of hydrogen-bond acceptors (Lipinski definition) is 7. The minimum atomic E-state index is -1.29. The second kappa shape index (κ2) is 10.2. The van der Waals surface area contributed by atoms with E-state index < -0.39 is 36.8 Å². The second-order valence-electron chi connectivity index (χ2n) is 3.87. The van der Waals surface area contributed by atoms with Crippen molar-refractivity contribution in [2.75, 3.05) is 13.2 Å². The lowest BCUT2D eigenvalue weighted by atomic mass is 10.3. The predicted molar refractivity (Wildman–Crippen MR) is 67.3 cm³/mol. The fraction of sp³-hybridized carbons (Fsp3) is 0.750. The molecule has 0 aliphatic heterocycles. The lowest BCUT2D eigenvalue weighted by molar-refractivity contribution is -0.175. The number of nitrogens with one attached hydrogen (secondary N) is 1. The first kappa shape index (κ1) is 18.3. The maximum Gasteiger partial charge on any atom is 0.307 e. The van der Waals surface area contributed by atoms with Crippen molar-refractivity contribution in [3.63, 3.8) is 0 Å². The topological polar surface area (TPSA) is 122 Å². The van der Waals surface area contributed by atoms with Crippen LogP contribution in [0.25, 0.3) is 0 Å². The summed E-state index contributed by atoms with van der Waals surface area (Å²) < 4.78 is 9.82. The number of aliphatic hydroxyl groups excluding tert-OH is 2. The fourth-order valence-corrected chi connectivity index (χ4v) is 1.20. The molecule has 0 rings (SSSR count). The molecule has 0 spiro atoms. The van der Waals surface area contributed by atoms with E-state index in [4.69, 9.17) is 14.6 Å². The number of ether oxygens (including phenoxy) is 2. The second-order valence-corrected chi connectivity index (χ2v) is 3.87. The lowest BCUT2D eigenvalue weighted by Gasteiger charge is -2.26. The third kappa shape index (κ3) is 7.05. The highest BCUT2D eigenvalue weighted by Crippen LogP contribution is 2.05. The van der Waals surface area contributed by atoms with E-state index in [-0.39, 0.29) is 25.9 Å². The first-order valence-corrected chi connectivity index (χ1v) is 6.38. The number of carbonyl (C=O) groups is 3. The van der Waals surface area contributed by atoms with E-state index in [1.54, 1.807) is 13.8 Å². The molecule has 0 fully saturated rings. The molecule has 20 heavy (non-hydrogen) atoms. The van der Waals surface area contributed by atoms with Gasteiger partial charge < -0.3 is 25.0 Å². The Morgan fingerprint density at radius 1 is 1.05 bits per heavy atom. The Bertz CT molecular complexity index is 332. The molecule has 1 amide bonds. The van der Waals surface area contributed by atoms with Gasteiger partial charge in [0.1, 0.15) is 0 Å². The standard InChI is InChI=1S/C12H21NO7/c1-3-10(17)19-8(7-15)12(20-11(18)4-2)13-9(16)5-6-14/h8,12,14-15H,3-7H2,1-2H3,(H,13,16). The van der Waals surface area contributed by atoms with Gasteiger partial charge in [-0.15, -0.1) is 0 Å². The molecular formula is C12H21NO7. The highest BCUT2D eigenvalue weighted by atomic mass is 16.6. The molecule has 0 bridgehead atoms. The summed E-state index contributed by atoms with van der Waals surface area (Å²) in [4.78, 5) is 33.9. The van der Waals surface area contributed by atoms with Crippen molar-refractivity contribution in [3.05, 3.63) is 0 Å². The van der Waals surface area contributed by atoms with Crippen LogP contribution >= 0.6 is 0 Å². The van der Waals surface area contributed by atoms with Crippen LogP contribution in [0, 0.1) is 0 Å². The van der Waals surface area contributed by atoms with Crippen LogP contribution < -0.4 is 5.32 Å². The van der Waals surface area contributed by atoms with E-state index in [9.17, 15) is 19.5 Å². The zero-order valence-electron chi connectivity index (χ0n) is 11.6. The van der Waals surface area contributed by atoms with Crippen LogP contribution in [0.4, 0.5) is 0 Å². The van der Waals surface area contributed by atoms with Crippen molar-refractivity contribution >= 4 is 17.8 Å². The third-order valence-corrected chi connectivity index (χ3v) is 2.28. The third-order valence-electron chi connectivity index (χ3n) is 2.28. The normalized spacial score (nSPS) is 13.2. The van der Waals surface area contributed by atoms with E-state index in [0.717, 1.165) is 0 Å². The molecule has 0 aromatic carbocycles. The van der Waals surface area contributed by atoms with Crippen molar-refractivity contribution in [1.82, 2.24) is 5.32 Å². The Morgan fingerprint density at radius 2 is 1.60 bits per heavy atom. The zero-order valence-corrected chi connectivity index (χ0v) is 11.6. The summed E-state index contributed by atoms with van der Waals surface area (Å²) in [6, 6.07) is 0. The molecule has 116 valence electrons. The summed E-state index contributed by atoms with van der Waals surface area (Å²) >= 11 is 0. The van der Waals surface area contributed by atoms with Crippen molar-refractivity contribution in [2.24, 2.45) is 0 Å². The first-order chi connectivity index (χ1) is 9.48. The van der Waals surface area contributed by atoms with Gasteiger partial charge >= 0.3 is 11.9 Å². The molecule has 8 nitrogen and oxygen atoms in total. The summed E-state index contributed by atoms with van der Waals surface area (Å²) in [6.45, 7) is 2.13. The molecule has 0 saturated heterocycles. The summed E-state index contributed by atoms with van der Waals surface area (Å²) in [7, 11) is 0. The van der Waals surface area contributed by atoms with Gasteiger partial charge in [0.2, 0.25) is 12.1 Å². The molecule has 0 aliphatic carbocycles. The van der Waals surface area contributed by atoms with Crippen LogP contribution in [0.15, 0.2) is 0 Å². The van der Waals surface area contributed by atoms with Gasteiger partial charge in [0, 0.05) is 19.3 Å². The molecule has 8 heteroatoms. The molecule has 0 aromatic heterocycles. The van der Waals surface area contributed by atoms with Crippen LogP contribution in [-0.2, 0) is 23.9 Å². The van der Waals surface area contributed by atoms with E-state index in [1.165, 1.54) is 0 Å². The predicted octanol–water partition coefficient (Wildman–Crippen LogP) is -0.922. The van der Waals surface area contributed by atoms with Gasteiger partial charge in [0.25, 0.3) is 0 Å². The average molecular weight is 291 g/mol. The average Bonchev–Trinajstić information content (AvgIpc) is 2.43. The van der Waals surface area contributed by atoms with Gasteiger partial charge in [-0.25, -0.2) is 0 Å². The van der Waals surface area contributed by atoms with E-state index in [0.29, 0.717) is 0 Å². The molecule has 0 heterocycles. The highest BCUT2D eigenvalue weighted by molar-refractivity contribution is 5.77. The number of rotatable bonds is 9. The Labute approximate surface area is 117 Å². The van der Waals surface area contributed by atoms with Crippen molar-refractivity contribution in [2.45, 2.75) is 45.4 Å². The Morgan fingerprint density at radius 3 is 2.05 bits per heavy atom. The van der Waals surface area contributed by atoms with Gasteiger partial charge in [-0.05, 0) is 0 Å². The van der Waals surface area contributed by atoms with Crippen molar-refractivity contribution < 1.29 is 34.1 Å². The maximum atomic E-state index is 11.4. The van der Waals surface area contributed by atoms with Crippen molar-refractivity contribution in [1.29, 1.82) is 0 Å². The number of hydrogen-bond donors (Lipinski definition) is 3. The van der Waals surface area contributed by atoms with Crippen LogP contribution in [0.3, 0.4) is 0 Å². The van der Waals surface area contributed by atoms with Crippen LogP contribution in [0.5, 0.6) is 0 Å². The quantitative estimate of drug-likeness (QED) is 0.371. The summed E-state index contributed by atoms with van der Waals surface area (Å²) in [6.07, 6.45) is -2.54. The van der Waals surface area contributed by atoms with Gasteiger partial charge in [0.15, 0.2) is 6.10 Å². The summed E-state index contributed by atoms with van der Waals surface area (Å²) in [5.74, 6) is -1.81. The molecule has 0 aromatic rings. The maximum absolute atomic E-state index is 11.4. The SMILES string of the molecule is CCC(=O)OC(CO)C(NC(=O)CCO)OC(=O)CC. The molecule has 0 radical (unpaired) electrons. The number of amides is 1. The largest absolute Gasteiger partial charge is 0.454 e. The zero-order chi connectivity index (χ0) is 15.5. The molecule has 0 aliphatic rings. The molecule has 0 saturated carbocycles. The summed E-state index contributed by atoms with van der Waals surface area (Å²) in [5, 5.41) is 20.1. The molecule has 2 atom stereocenters. The lowest BCUT2D eigenvalue weighted by Crippen LogP contribution is -2.49. The number of esters is 2. The van der Waals surface area contributed by atoms with Crippen molar-refractivity contribution in [3.8, 4) is 0 Å². The Hall–Kier alpha value is -1.67. The number of aliphatic hydroxyl groups is 2. The van der Waals surface area contributed by atoms with Crippen LogP contribution in [0.2, 0.25) is 0 Å². The van der Waals surface area contributed by atoms with Gasteiger partial charge in [0.05, 0.1) is 13.2 Å². The minimum Gasteiger partial charge on any atom is -0.454 e. The van der Waals surface area contributed by atoms with Gasteiger partial charge in [-0.3, -0.25) is 14.4 Å². The monoisotopic (exact) mass is 291 g/mol.